The highest BCUT2D eigenvalue weighted by Gasteiger charge is 2.36. The van der Waals surface area contributed by atoms with Crippen molar-refractivity contribution in [2.75, 3.05) is 13.7 Å². The first-order valence-electron chi connectivity index (χ1n) is 13.4. The van der Waals surface area contributed by atoms with Crippen LogP contribution in [0.15, 0.2) is 98.3 Å². The van der Waals surface area contributed by atoms with E-state index in [-0.39, 0.29) is 23.4 Å². The number of fused-ring (bicyclic) bond motifs is 2. The smallest absolute Gasteiger partial charge is 0.338 e. The Morgan fingerprint density at radius 1 is 1.14 bits per heavy atom. The molecule has 1 unspecified atom stereocenters. The fourth-order valence-electron chi connectivity index (χ4n) is 5.29. The minimum absolute atomic E-state index is 0.0552. The Morgan fingerprint density at radius 3 is 2.72 bits per heavy atom. The zero-order valence-corrected chi connectivity index (χ0v) is 24.2. The molecule has 0 aliphatic carbocycles. The number of carbonyl (C=O) groups is 1. The van der Waals surface area contributed by atoms with E-state index in [1.807, 2.05) is 36.4 Å². The van der Waals surface area contributed by atoms with Gasteiger partial charge in [0.15, 0.2) is 4.80 Å². The number of methoxy groups -OCH3 is 1. The van der Waals surface area contributed by atoms with Gasteiger partial charge in [-0.15, -0.1) is 0 Å². The van der Waals surface area contributed by atoms with Gasteiger partial charge in [0.1, 0.15) is 23.3 Å². The molecule has 0 amide bonds. The van der Waals surface area contributed by atoms with Crippen molar-refractivity contribution in [1.82, 2.24) is 4.57 Å². The first-order valence-corrected chi connectivity index (χ1v) is 14.2. The Bertz CT molecular complexity index is 2140. The summed E-state index contributed by atoms with van der Waals surface area (Å²) in [6.07, 6.45) is 1.60. The van der Waals surface area contributed by atoms with Crippen molar-refractivity contribution in [2.24, 2.45) is 4.99 Å². The topological polar surface area (TPSA) is 126 Å². The SMILES string of the molecule is CCOC(=O)C1=C(C)N=c2s/c(=C\c3ccc(-c4cccc([N+](=O)[O-])c4)o3)c(=O)n2C1c1c(OC)ccc2ccccc12. The van der Waals surface area contributed by atoms with E-state index in [1.165, 1.54) is 28.0 Å². The molecule has 3 heterocycles. The van der Waals surface area contributed by atoms with Crippen LogP contribution >= 0.6 is 11.3 Å². The van der Waals surface area contributed by atoms with Crippen molar-refractivity contribution in [2.45, 2.75) is 19.9 Å². The second-order valence-electron chi connectivity index (χ2n) is 9.71. The van der Waals surface area contributed by atoms with Gasteiger partial charge in [0.05, 0.1) is 34.4 Å². The van der Waals surface area contributed by atoms with Gasteiger partial charge in [-0.1, -0.05) is 53.8 Å². The number of hydrogen-bond acceptors (Lipinski definition) is 9. The number of allylic oxidation sites excluding steroid dienone is 1. The molecule has 10 nitrogen and oxygen atoms in total. The number of nitrogens with zero attached hydrogens (tertiary/aromatic N) is 3. The van der Waals surface area contributed by atoms with Crippen LogP contribution in [-0.4, -0.2) is 29.2 Å². The number of esters is 1. The molecule has 2 aromatic heterocycles. The Hall–Kier alpha value is -5.29. The van der Waals surface area contributed by atoms with Crippen LogP contribution in [0.5, 0.6) is 5.75 Å². The summed E-state index contributed by atoms with van der Waals surface area (Å²) in [7, 11) is 1.55. The highest BCUT2D eigenvalue weighted by atomic mass is 32.1. The monoisotopic (exact) mass is 595 g/mol. The second-order valence-corrected chi connectivity index (χ2v) is 10.7. The maximum Gasteiger partial charge on any atom is 0.338 e. The summed E-state index contributed by atoms with van der Waals surface area (Å²) < 4.78 is 19.0. The summed E-state index contributed by atoms with van der Waals surface area (Å²) in [6.45, 7) is 3.61. The van der Waals surface area contributed by atoms with Gasteiger partial charge in [-0.3, -0.25) is 19.5 Å². The molecule has 0 saturated carbocycles. The van der Waals surface area contributed by atoms with Crippen molar-refractivity contribution in [3.63, 3.8) is 0 Å². The van der Waals surface area contributed by atoms with Crippen LogP contribution in [0.2, 0.25) is 0 Å². The molecule has 1 aliphatic heterocycles. The van der Waals surface area contributed by atoms with E-state index in [4.69, 9.17) is 13.9 Å². The number of carbonyl (C=O) groups excluding carboxylic acids is 1. The van der Waals surface area contributed by atoms with E-state index in [1.54, 1.807) is 51.3 Å². The van der Waals surface area contributed by atoms with E-state index < -0.39 is 16.9 Å². The molecule has 0 saturated heterocycles. The molecule has 0 radical (unpaired) electrons. The third-order valence-corrected chi connectivity index (χ3v) is 8.17. The molecule has 0 bridgehead atoms. The fraction of sp³-hybridized carbons (Fsp3) is 0.156. The van der Waals surface area contributed by atoms with Crippen LogP contribution in [0.1, 0.15) is 31.2 Å². The Morgan fingerprint density at radius 2 is 1.95 bits per heavy atom. The molecule has 0 N–H and O–H groups in total. The van der Waals surface area contributed by atoms with Crippen molar-refractivity contribution in [3.8, 4) is 17.1 Å². The van der Waals surface area contributed by atoms with E-state index in [9.17, 15) is 19.7 Å². The van der Waals surface area contributed by atoms with E-state index in [0.29, 0.717) is 43.4 Å². The van der Waals surface area contributed by atoms with E-state index in [0.717, 1.165) is 10.8 Å². The molecule has 3 aromatic carbocycles. The van der Waals surface area contributed by atoms with Crippen LogP contribution in [0.3, 0.4) is 0 Å². The van der Waals surface area contributed by atoms with Gasteiger partial charge in [-0.2, -0.15) is 0 Å². The fourth-order valence-corrected chi connectivity index (χ4v) is 6.31. The minimum Gasteiger partial charge on any atom is -0.496 e. The average molecular weight is 596 g/mol. The normalized spacial score (nSPS) is 14.9. The number of benzene rings is 3. The second kappa shape index (κ2) is 11.2. The number of rotatable bonds is 7. The number of hydrogen-bond donors (Lipinski definition) is 0. The van der Waals surface area contributed by atoms with Gasteiger partial charge in [0, 0.05) is 29.3 Å². The molecule has 0 fully saturated rings. The molecular formula is C32H25N3O7S. The maximum absolute atomic E-state index is 14.1. The molecule has 6 rings (SSSR count). The van der Waals surface area contributed by atoms with Gasteiger partial charge < -0.3 is 13.9 Å². The molecule has 1 atom stereocenters. The number of non-ortho nitro benzene ring substituents is 1. The number of ether oxygens (including phenoxy) is 2. The molecule has 1 aliphatic rings. The largest absolute Gasteiger partial charge is 0.496 e. The van der Waals surface area contributed by atoms with Gasteiger partial charge in [-0.05, 0) is 42.8 Å². The van der Waals surface area contributed by atoms with E-state index in [2.05, 4.69) is 4.99 Å². The molecule has 216 valence electrons. The van der Waals surface area contributed by atoms with E-state index >= 15 is 0 Å². The zero-order chi connectivity index (χ0) is 30.2. The summed E-state index contributed by atoms with van der Waals surface area (Å²) in [5.74, 6) is 0.752. The van der Waals surface area contributed by atoms with Crippen molar-refractivity contribution in [3.05, 3.63) is 125 Å². The van der Waals surface area contributed by atoms with Gasteiger partial charge in [0.2, 0.25) is 0 Å². The highest BCUT2D eigenvalue weighted by Crippen LogP contribution is 2.40. The summed E-state index contributed by atoms with van der Waals surface area (Å²) >= 11 is 1.17. The molecule has 5 aromatic rings. The molecule has 11 heteroatoms. The number of aromatic nitrogens is 1. The summed E-state index contributed by atoms with van der Waals surface area (Å²) in [4.78, 5) is 43.3. The van der Waals surface area contributed by atoms with Gasteiger partial charge >= 0.3 is 5.97 Å². The van der Waals surface area contributed by atoms with Gasteiger partial charge in [-0.25, -0.2) is 9.79 Å². The third-order valence-electron chi connectivity index (χ3n) is 7.18. The lowest BCUT2D eigenvalue weighted by molar-refractivity contribution is -0.384. The third kappa shape index (κ3) is 4.93. The zero-order valence-electron chi connectivity index (χ0n) is 23.4. The highest BCUT2D eigenvalue weighted by molar-refractivity contribution is 7.07. The Kier molecular flexibility index (Phi) is 7.24. The van der Waals surface area contributed by atoms with Crippen LogP contribution < -0.4 is 19.6 Å². The summed E-state index contributed by atoms with van der Waals surface area (Å²) in [5, 5.41) is 13.0. The predicted octanol–water partition coefficient (Wildman–Crippen LogP) is 5.13. The lowest BCUT2D eigenvalue weighted by Gasteiger charge is -2.27. The standard InChI is InChI=1S/C32H25N3O7S/c1-4-41-31(37)27-18(2)33-32-34(29(27)28-23-11-6-5-8-19(23)12-14-25(28)40-3)30(36)26(43-32)17-22-13-15-24(42-22)20-9-7-10-21(16-20)35(38)39/h5-17,29H,4H2,1-3H3/b26-17-. The Balaban J connectivity index is 1.54. The van der Waals surface area contributed by atoms with Crippen molar-refractivity contribution >= 4 is 39.8 Å². The molecule has 43 heavy (non-hydrogen) atoms. The maximum atomic E-state index is 14.1. The Labute approximate surface area is 248 Å². The molecular weight excluding hydrogens is 570 g/mol. The predicted molar refractivity (Wildman–Crippen MR) is 162 cm³/mol. The first-order chi connectivity index (χ1) is 20.8. The quantitative estimate of drug-likeness (QED) is 0.145. The van der Waals surface area contributed by atoms with Gasteiger partial charge in [0.25, 0.3) is 11.2 Å². The van der Waals surface area contributed by atoms with Crippen LogP contribution in [0.4, 0.5) is 5.69 Å². The average Bonchev–Trinajstić information content (AvgIpc) is 3.60. The number of nitro groups is 1. The number of furan rings is 1. The summed E-state index contributed by atoms with van der Waals surface area (Å²) in [6, 6.07) is 20.1. The first kappa shape index (κ1) is 27.9. The minimum atomic E-state index is -0.865. The van der Waals surface area contributed by atoms with Crippen molar-refractivity contribution in [1.29, 1.82) is 0 Å². The van der Waals surface area contributed by atoms with Crippen LogP contribution in [0.25, 0.3) is 28.2 Å². The number of thiazole rings is 1. The van der Waals surface area contributed by atoms with Crippen LogP contribution in [0, 0.1) is 10.1 Å². The lowest BCUT2D eigenvalue weighted by Crippen LogP contribution is -2.40. The van der Waals surface area contributed by atoms with Crippen LogP contribution in [-0.2, 0) is 9.53 Å². The summed E-state index contributed by atoms with van der Waals surface area (Å²) in [5.41, 5.74) is 1.45. The number of nitro benzene ring substituents is 1. The van der Waals surface area contributed by atoms with Crippen molar-refractivity contribution < 1.29 is 23.6 Å². The molecule has 0 spiro atoms. The lowest BCUT2D eigenvalue weighted by atomic mass is 9.90.